The SMILES string of the molecule is Cc1cc(C)c2c(n1)nn1c(NCc3ccccc3)cc(C)nc21. The highest BCUT2D eigenvalue weighted by Crippen LogP contribution is 2.24. The highest BCUT2D eigenvalue weighted by atomic mass is 15.3. The topological polar surface area (TPSA) is 55.1 Å². The van der Waals surface area contributed by atoms with Gasteiger partial charge in [0.1, 0.15) is 5.82 Å². The maximum Gasteiger partial charge on any atom is 0.184 e. The molecule has 5 heteroatoms. The Morgan fingerprint density at radius 2 is 1.71 bits per heavy atom. The van der Waals surface area contributed by atoms with Gasteiger partial charge in [0, 0.05) is 24.0 Å². The van der Waals surface area contributed by atoms with Gasteiger partial charge in [0.15, 0.2) is 11.3 Å². The first kappa shape index (κ1) is 14.6. The quantitative estimate of drug-likeness (QED) is 0.624. The first-order valence-electron chi connectivity index (χ1n) is 8.04. The molecule has 0 aliphatic heterocycles. The maximum atomic E-state index is 4.69. The van der Waals surface area contributed by atoms with Crippen LogP contribution in [0.25, 0.3) is 16.7 Å². The van der Waals surface area contributed by atoms with Crippen LogP contribution in [0.4, 0.5) is 5.82 Å². The molecule has 1 N–H and O–H groups in total. The van der Waals surface area contributed by atoms with Crippen molar-refractivity contribution in [3.8, 4) is 0 Å². The van der Waals surface area contributed by atoms with Gasteiger partial charge in [-0.15, -0.1) is 5.10 Å². The van der Waals surface area contributed by atoms with E-state index in [0.29, 0.717) is 0 Å². The van der Waals surface area contributed by atoms with Crippen molar-refractivity contribution in [1.82, 2.24) is 19.6 Å². The van der Waals surface area contributed by atoms with Crippen molar-refractivity contribution in [2.45, 2.75) is 27.3 Å². The van der Waals surface area contributed by atoms with Gasteiger partial charge in [-0.2, -0.15) is 4.52 Å². The molecule has 3 aromatic heterocycles. The number of rotatable bonds is 3. The van der Waals surface area contributed by atoms with E-state index in [1.54, 1.807) is 0 Å². The minimum absolute atomic E-state index is 0.737. The second kappa shape index (κ2) is 5.60. The predicted octanol–water partition coefficient (Wildman–Crippen LogP) is 3.81. The van der Waals surface area contributed by atoms with Crippen LogP contribution in [-0.4, -0.2) is 19.6 Å². The van der Waals surface area contributed by atoms with E-state index in [4.69, 9.17) is 4.98 Å². The largest absolute Gasteiger partial charge is 0.366 e. The fraction of sp³-hybridized carbons (Fsp3) is 0.211. The van der Waals surface area contributed by atoms with Gasteiger partial charge in [-0.05, 0) is 38.0 Å². The van der Waals surface area contributed by atoms with Crippen molar-refractivity contribution >= 4 is 22.5 Å². The third-order valence-corrected chi connectivity index (χ3v) is 4.12. The summed E-state index contributed by atoms with van der Waals surface area (Å²) < 4.78 is 1.86. The Morgan fingerprint density at radius 1 is 0.958 bits per heavy atom. The van der Waals surface area contributed by atoms with Crippen molar-refractivity contribution in [3.63, 3.8) is 0 Å². The first-order chi connectivity index (χ1) is 11.6. The molecule has 0 aliphatic rings. The van der Waals surface area contributed by atoms with Crippen molar-refractivity contribution in [2.24, 2.45) is 0 Å². The molecule has 0 radical (unpaired) electrons. The monoisotopic (exact) mass is 317 g/mol. The average Bonchev–Trinajstić information content (AvgIpc) is 2.91. The smallest absolute Gasteiger partial charge is 0.184 e. The molecule has 120 valence electrons. The molecule has 1 aromatic carbocycles. The molecule has 0 unspecified atom stereocenters. The molecular formula is C19H19N5. The lowest BCUT2D eigenvalue weighted by Crippen LogP contribution is -2.06. The van der Waals surface area contributed by atoms with Crippen LogP contribution in [0.15, 0.2) is 42.5 Å². The molecule has 0 saturated carbocycles. The van der Waals surface area contributed by atoms with Crippen LogP contribution in [-0.2, 0) is 6.54 Å². The summed E-state index contributed by atoms with van der Waals surface area (Å²) in [4.78, 5) is 9.25. The second-order valence-electron chi connectivity index (χ2n) is 6.14. The van der Waals surface area contributed by atoms with Crippen molar-refractivity contribution in [3.05, 3.63) is 65.0 Å². The van der Waals surface area contributed by atoms with Crippen LogP contribution in [0.1, 0.15) is 22.5 Å². The van der Waals surface area contributed by atoms with Gasteiger partial charge in [0.2, 0.25) is 0 Å². The van der Waals surface area contributed by atoms with Gasteiger partial charge in [-0.25, -0.2) is 9.97 Å². The number of aromatic nitrogens is 4. The fourth-order valence-corrected chi connectivity index (χ4v) is 3.06. The first-order valence-corrected chi connectivity index (χ1v) is 8.04. The van der Waals surface area contributed by atoms with Crippen LogP contribution in [0.2, 0.25) is 0 Å². The number of nitrogens with one attached hydrogen (secondary N) is 1. The zero-order valence-electron chi connectivity index (χ0n) is 14.0. The molecule has 24 heavy (non-hydrogen) atoms. The van der Waals surface area contributed by atoms with Crippen molar-refractivity contribution in [1.29, 1.82) is 0 Å². The van der Waals surface area contributed by atoms with Gasteiger partial charge in [0.05, 0.1) is 5.39 Å². The number of hydrogen-bond acceptors (Lipinski definition) is 4. The van der Waals surface area contributed by atoms with Crippen LogP contribution >= 0.6 is 0 Å². The van der Waals surface area contributed by atoms with Gasteiger partial charge in [0.25, 0.3) is 0 Å². The zero-order valence-corrected chi connectivity index (χ0v) is 14.0. The van der Waals surface area contributed by atoms with Crippen LogP contribution < -0.4 is 5.32 Å². The number of fused-ring (bicyclic) bond motifs is 3. The minimum atomic E-state index is 0.737. The van der Waals surface area contributed by atoms with E-state index in [9.17, 15) is 0 Å². The van der Waals surface area contributed by atoms with Crippen molar-refractivity contribution in [2.75, 3.05) is 5.32 Å². The van der Waals surface area contributed by atoms with E-state index in [1.165, 1.54) is 5.56 Å². The van der Waals surface area contributed by atoms with Gasteiger partial charge in [-0.1, -0.05) is 30.3 Å². The summed E-state index contributed by atoms with van der Waals surface area (Å²) in [6.07, 6.45) is 0. The van der Waals surface area contributed by atoms with Crippen LogP contribution in [0.5, 0.6) is 0 Å². The van der Waals surface area contributed by atoms with Gasteiger partial charge >= 0.3 is 0 Å². The highest BCUT2D eigenvalue weighted by Gasteiger charge is 2.14. The summed E-state index contributed by atoms with van der Waals surface area (Å²) in [5, 5.41) is 9.16. The Morgan fingerprint density at radius 3 is 2.50 bits per heavy atom. The lowest BCUT2D eigenvalue weighted by atomic mass is 10.2. The number of hydrogen-bond donors (Lipinski definition) is 1. The average molecular weight is 317 g/mol. The summed E-state index contributed by atoms with van der Waals surface area (Å²) in [6, 6.07) is 14.4. The van der Waals surface area contributed by atoms with Crippen molar-refractivity contribution < 1.29 is 0 Å². The number of aryl methyl sites for hydroxylation is 3. The molecule has 0 saturated heterocycles. The molecule has 0 aliphatic carbocycles. The van der Waals surface area contributed by atoms with E-state index in [0.717, 1.165) is 46.0 Å². The Hall–Kier alpha value is -2.95. The predicted molar refractivity (Wildman–Crippen MR) is 96.3 cm³/mol. The number of benzene rings is 1. The molecule has 0 fully saturated rings. The molecular weight excluding hydrogens is 298 g/mol. The van der Waals surface area contributed by atoms with Gasteiger partial charge in [-0.3, -0.25) is 0 Å². The molecule has 4 aromatic rings. The fourth-order valence-electron chi connectivity index (χ4n) is 3.06. The molecule has 0 spiro atoms. The Balaban J connectivity index is 1.85. The number of anilines is 1. The lowest BCUT2D eigenvalue weighted by Gasteiger charge is -2.09. The summed E-state index contributed by atoms with van der Waals surface area (Å²) in [7, 11) is 0. The van der Waals surface area contributed by atoms with E-state index in [1.807, 2.05) is 42.6 Å². The molecule has 4 rings (SSSR count). The normalized spacial score (nSPS) is 11.3. The Bertz CT molecular complexity index is 1030. The van der Waals surface area contributed by atoms with Gasteiger partial charge < -0.3 is 5.32 Å². The lowest BCUT2D eigenvalue weighted by molar-refractivity contribution is 0.922. The molecule has 5 nitrogen and oxygen atoms in total. The number of nitrogens with zero attached hydrogens (tertiary/aromatic N) is 4. The molecule has 0 atom stereocenters. The van der Waals surface area contributed by atoms with E-state index in [-0.39, 0.29) is 0 Å². The zero-order chi connectivity index (χ0) is 16.7. The van der Waals surface area contributed by atoms with E-state index in [2.05, 4.69) is 40.5 Å². The third kappa shape index (κ3) is 2.48. The summed E-state index contributed by atoms with van der Waals surface area (Å²) in [5.41, 5.74) is 5.90. The summed E-state index contributed by atoms with van der Waals surface area (Å²) in [5.74, 6) is 0.927. The molecule has 0 bridgehead atoms. The second-order valence-corrected chi connectivity index (χ2v) is 6.14. The minimum Gasteiger partial charge on any atom is -0.366 e. The summed E-state index contributed by atoms with van der Waals surface area (Å²) >= 11 is 0. The maximum absolute atomic E-state index is 4.69. The molecule has 0 amide bonds. The van der Waals surface area contributed by atoms with E-state index >= 15 is 0 Å². The van der Waals surface area contributed by atoms with Crippen LogP contribution in [0, 0.1) is 20.8 Å². The van der Waals surface area contributed by atoms with Crippen LogP contribution in [0.3, 0.4) is 0 Å². The summed E-state index contributed by atoms with van der Waals surface area (Å²) in [6.45, 7) is 6.81. The molecule has 3 heterocycles. The number of pyridine rings is 1. The van der Waals surface area contributed by atoms with E-state index < -0.39 is 0 Å². The highest BCUT2D eigenvalue weighted by molar-refractivity contribution is 5.93. The third-order valence-electron chi connectivity index (χ3n) is 4.12. The standard InChI is InChI=1S/C19H19N5/c1-12-9-13(2)21-18-17(12)19-22-14(3)10-16(24(19)23-18)20-11-15-7-5-4-6-8-15/h4-10,20H,11H2,1-3H3. The Kier molecular flexibility index (Phi) is 3.41. The Labute approximate surface area is 140 Å².